The zero-order valence-corrected chi connectivity index (χ0v) is 15.3. The van der Waals surface area contributed by atoms with Crippen LogP contribution in [0.2, 0.25) is 0 Å². The van der Waals surface area contributed by atoms with Crippen LogP contribution >= 0.6 is 11.3 Å². The minimum absolute atomic E-state index is 0.00412. The van der Waals surface area contributed by atoms with Crippen LogP contribution in [-0.2, 0) is 10.2 Å². The molecule has 3 aromatic rings. The Morgan fingerprint density at radius 3 is 2.74 bits per heavy atom. The fourth-order valence-electron chi connectivity index (χ4n) is 4.23. The molecule has 1 aromatic carbocycles. The van der Waals surface area contributed by atoms with E-state index in [2.05, 4.69) is 9.97 Å². The van der Waals surface area contributed by atoms with E-state index in [-0.39, 0.29) is 23.3 Å². The number of pyridine rings is 1. The van der Waals surface area contributed by atoms with Gasteiger partial charge in [-0.2, -0.15) is 0 Å². The Hall–Kier alpha value is -2.80. The van der Waals surface area contributed by atoms with Crippen LogP contribution in [0.15, 0.2) is 42.6 Å². The SMILES string of the molecule is O=C(c1nc2ccccc2s1)N1CC(N2C(=O)C3(CC3)c3cccnc32)C1. The molecular weight excluding hydrogens is 360 g/mol. The second-order valence-electron chi connectivity index (χ2n) is 7.48. The number of likely N-dealkylation sites (tertiary alicyclic amines) is 1. The molecule has 1 spiro atoms. The van der Waals surface area contributed by atoms with Gasteiger partial charge in [0.1, 0.15) is 5.82 Å². The minimum atomic E-state index is -0.332. The Labute approximate surface area is 159 Å². The van der Waals surface area contributed by atoms with Gasteiger partial charge in [-0.05, 0) is 31.0 Å². The maximum absolute atomic E-state index is 13.0. The summed E-state index contributed by atoms with van der Waals surface area (Å²) in [5, 5.41) is 0.514. The lowest BCUT2D eigenvalue weighted by Crippen LogP contribution is -2.62. The summed E-state index contributed by atoms with van der Waals surface area (Å²) in [5.41, 5.74) is 1.58. The van der Waals surface area contributed by atoms with Gasteiger partial charge in [0.25, 0.3) is 5.91 Å². The molecule has 1 aliphatic carbocycles. The number of carbonyl (C=O) groups excluding carboxylic acids is 2. The lowest BCUT2D eigenvalue weighted by atomic mass is 10.00. The van der Waals surface area contributed by atoms with Crippen LogP contribution in [0.4, 0.5) is 5.82 Å². The normalized spacial score (nSPS) is 20.2. The van der Waals surface area contributed by atoms with Gasteiger partial charge in [-0.15, -0.1) is 11.3 Å². The number of carbonyl (C=O) groups is 2. The van der Waals surface area contributed by atoms with Gasteiger partial charge in [0.2, 0.25) is 5.91 Å². The summed E-state index contributed by atoms with van der Waals surface area (Å²) >= 11 is 1.42. The van der Waals surface area contributed by atoms with E-state index in [1.807, 2.05) is 41.3 Å². The Morgan fingerprint density at radius 2 is 1.96 bits per heavy atom. The van der Waals surface area contributed by atoms with E-state index in [9.17, 15) is 9.59 Å². The largest absolute Gasteiger partial charge is 0.332 e. The van der Waals surface area contributed by atoms with Gasteiger partial charge < -0.3 is 4.90 Å². The van der Waals surface area contributed by atoms with Crippen molar-refractivity contribution in [1.82, 2.24) is 14.9 Å². The van der Waals surface area contributed by atoms with Gasteiger partial charge in [0, 0.05) is 24.8 Å². The van der Waals surface area contributed by atoms with Gasteiger partial charge in [-0.25, -0.2) is 9.97 Å². The Kier molecular flexibility index (Phi) is 2.90. The van der Waals surface area contributed by atoms with Crippen molar-refractivity contribution in [3.63, 3.8) is 0 Å². The Bertz CT molecular complexity index is 1080. The summed E-state index contributed by atoms with van der Waals surface area (Å²) < 4.78 is 1.02. The van der Waals surface area contributed by atoms with E-state index in [4.69, 9.17) is 0 Å². The van der Waals surface area contributed by atoms with Crippen molar-refractivity contribution in [2.45, 2.75) is 24.3 Å². The predicted molar refractivity (Wildman–Crippen MR) is 102 cm³/mol. The average Bonchev–Trinajstić information content (AvgIpc) is 3.29. The first-order valence-electron chi connectivity index (χ1n) is 9.11. The molecule has 0 atom stereocenters. The lowest BCUT2D eigenvalue weighted by molar-refractivity contribution is -0.121. The van der Waals surface area contributed by atoms with Crippen LogP contribution < -0.4 is 4.90 Å². The number of aromatic nitrogens is 2. The second kappa shape index (κ2) is 5.13. The van der Waals surface area contributed by atoms with Crippen LogP contribution in [0, 0.1) is 0 Å². The highest BCUT2D eigenvalue weighted by Gasteiger charge is 2.61. The molecule has 3 aliphatic rings. The third kappa shape index (κ3) is 2.00. The molecule has 0 radical (unpaired) electrons. The molecule has 7 heteroatoms. The quantitative estimate of drug-likeness (QED) is 0.690. The predicted octanol–water partition coefficient (Wildman–Crippen LogP) is 2.59. The van der Waals surface area contributed by atoms with Crippen molar-refractivity contribution in [2.24, 2.45) is 0 Å². The summed E-state index contributed by atoms with van der Waals surface area (Å²) in [7, 11) is 0. The van der Waals surface area contributed by atoms with Crippen molar-refractivity contribution in [3.05, 3.63) is 53.2 Å². The molecule has 6 nitrogen and oxygen atoms in total. The van der Waals surface area contributed by atoms with E-state index >= 15 is 0 Å². The first-order chi connectivity index (χ1) is 13.2. The number of hydrogen-bond acceptors (Lipinski definition) is 5. The fourth-order valence-corrected chi connectivity index (χ4v) is 5.17. The number of hydrogen-bond donors (Lipinski definition) is 0. The Balaban J connectivity index is 1.24. The van der Waals surface area contributed by atoms with Gasteiger partial charge in [-0.3, -0.25) is 14.5 Å². The zero-order valence-electron chi connectivity index (χ0n) is 14.5. The maximum atomic E-state index is 13.0. The molecule has 2 aromatic heterocycles. The number of benzene rings is 1. The molecule has 2 aliphatic heterocycles. The van der Waals surface area contributed by atoms with Crippen molar-refractivity contribution in [3.8, 4) is 0 Å². The number of para-hydroxylation sites is 1. The van der Waals surface area contributed by atoms with Gasteiger partial charge in [0.05, 0.1) is 21.7 Å². The highest BCUT2D eigenvalue weighted by molar-refractivity contribution is 7.20. The standard InChI is InChI=1S/C20H16N4O2S/c25-18(17-22-14-5-1-2-6-15(14)27-17)23-10-12(11-23)24-16-13(4-3-9-21-16)20(7-8-20)19(24)26/h1-6,9,12H,7-8,10-11H2. The van der Waals surface area contributed by atoms with E-state index in [1.165, 1.54) is 11.3 Å². The van der Waals surface area contributed by atoms with Crippen molar-refractivity contribution >= 4 is 39.2 Å². The van der Waals surface area contributed by atoms with Crippen LogP contribution in [0.3, 0.4) is 0 Å². The molecule has 2 fully saturated rings. The molecule has 27 heavy (non-hydrogen) atoms. The van der Waals surface area contributed by atoms with Gasteiger partial charge >= 0.3 is 0 Å². The summed E-state index contributed by atoms with van der Waals surface area (Å²) in [6.45, 7) is 1.07. The second-order valence-corrected chi connectivity index (χ2v) is 8.51. The summed E-state index contributed by atoms with van der Waals surface area (Å²) in [4.78, 5) is 38.3. The number of amides is 2. The van der Waals surface area contributed by atoms with E-state index in [0.717, 1.165) is 34.4 Å². The first kappa shape index (κ1) is 15.3. The molecule has 0 N–H and O–H groups in total. The topological polar surface area (TPSA) is 66.4 Å². The molecule has 0 bridgehead atoms. The van der Waals surface area contributed by atoms with Crippen LogP contribution in [0.5, 0.6) is 0 Å². The van der Waals surface area contributed by atoms with Gasteiger partial charge in [0.15, 0.2) is 5.01 Å². The highest BCUT2D eigenvalue weighted by Crippen LogP contribution is 2.57. The molecule has 2 amide bonds. The Morgan fingerprint density at radius 1 is 1.15 bits per heavy atom. The number of fused-ring (bicyclic) bond motifs is 3. The third-order valence-corrected chi connectivity index (χ3v) is 6.92. The lowest BCUT2D eigenvalue weighted by Gasteiger charge is -2.43. The average molecular weight is 376 g/mol. The number of nitrogens with zero attached hydrogens (tertiary/aromatic N) is 4. The van der Waals surface area contributed by atoms with E-state index in [1.54, 1.807) is 11.1 Å². The monoisotopic (exact) mass is 376 g/mol. The molecule has 1 saturated heterocycles. The van der Waals surface area contributed by atoms with Crippen LogP contribution in [0.1, 0.15) is 28.2 Å². The third-order valence-electron chi connectivity index (χ3n) is 5.90. The smallest absolute Gasteiger partial charge is 0.283 e. The minimum Gasteiger partial charge on any atom is -0.332 e. The first-order valence-corrected chi connectivity index (χ1v) is 9.93. The molecule has 1 saturated carbocycles. The van der Waals surface area contributed by atoms with Gasteiger partial charge in [-0.1, -0.05) is 18.2 Å². The van der Waals surface area contributed by atoms with Crippen LogP contribution in [0.25, 0.3) is 10.2 Å². The molecular formula is C20H16N4O2S. The summed E-state index contributed by atoms with van der Waals surface area (Å²) in [5.74, 6) is 0.895. The summed E-state index contributed by atoms with van der Waals surface area (Å²) in [6, 6.07) is 11.7. The van der Waals surface area contributed by atoms with Crippen LogP contribution in [-0.4, -0.2) is 45.8 Å². The molecule has 134 valence electrons. The van der Waals surface area contributed by atoms with Crippen molar-refractivity contribution < 1.29 is 9.59 Å². The maximum Gasteiger partial charge on any atom is 0.283 e. The highest BCUT2D eigenvalue weighted by atomic mass is 32.1. The number of thiazole rings is 1. The zero-order chi connectivity index (χ0) is 18.2. The number of anilines is 1. The van der Waals surface area contributed by atoms with Crippen molar-refractivity contribution in [2.75, 3.05) is 18.0 Å². The van der Waals surface area contributed by atoms with Crippen molar-refractivity contribution in [1.29, 1.82) is 0 Å². The molecule has 6 rings (SSSR count). The van der Waals surface area contributed by atoms with E-state index < -0.39 is 0 Å². The molecule has 4 heterocycles. The van der Waals surface area contributed by atoms with E-state index in [0.29, 0.717) is 18.1 Å². The fraction of sp³-hybridized carbons (Fsp3) is 0.300. The number of rotatable bonds is 2. The molecule has 0 unspecified atom stereocenters. The summed E-state index contributed by atoms with van der Waals surface area (Å²) in [6.07, 6.45) is 3.55.